The van der Waals surface area contributed by atoms with Gasteiger partial charge in [0.2, 0.25) is 0 Å². The zero-order chi connectivity index (χ0) is 11.6. The Morgan fingerprint density at radius 2 is 1.73 bits per heavy atom. The predicted molar refractivity (Wildman–Crippen MR) is 57.8 cm³/mol. The Bertz CT molecular complexity index is 351. The van der Waals surface area contributed by atoms with Gasteiger partial charge in [-0.3, -0.25) is 4.79 Å². The third-order valence-corrected chi connectivity index (χ3v) is 2.25. The molecular weight excluding hydrogens is 193 g/mol. The fourth-order valence-electron chi connectivity index (χ4n) is 1.29. The van der Waals surface area contributed by atoms with Gasteiger partial charge in [-0.15, -0.1) is 0 Å². The molecular formula is C12H16FNO. The van der Waals surface area contributed by atoms with Crippen LogP contribution in [0.5, 0.6) is 0 Å². The SMILES string of the molecule is CC(C)(C)C(=O)C(N)c1ccc(F)cc1. The Morgan fingerprint density at radius 1 is 1.27 bits per heavy atom. The Balaban J connectivity index is 2.90. The minimum absolute atomic E-state index is 0.0471. The van der Waals surface area contributed by atoms with E-state index in [0.717, 1.165) is 0 Å². The van der Waals surface area contributed by atoms with E-state index in [9.17, 15) is 9.18 Å². The second kappa shape index (κ2) is 4.11. The third-order valence-electron chi connectivity index (χ3n) is 2.25. The Hall–Kier alpha value is -1.22. The lowest BCUT2D eigenvalue weighted by atomic mass is 9.84. The van der Waals surface area contributed by atoms with Gasteiger partial charge in [0.15, 0.2) is 5.78 Å². The number of rotatable bonds is 2. The highest BCUT2D eigenvalue weighted by Gasteiger charge is 2.27. The van der Waals surface area contributed by atoms with E-state index in [0.29, 0.717) is 5.56 Å². The topological polar surface area (TPSA) is 43.1 Å². The van der Waals surface area contributed by atoms with E-state index in [-0.39, 0.29) is 11.6 Å². The van der Waals surface area contributed by atoms with Crippen molar-refractivity contribution in [2.24, 2.45) is 11.1 Å². The lowest BCUT2D eigenvalue weighted by Gasteiger charge is -2.21. The van der Waals surface area contributed by atoms with Crippen molar-refractivity contribution in [3.05, 3.63) is 35.6 Å². The summed E-state index contributed by atoms with van der Waals surface area (Å²) < 4.78 is 12.7. The number of benzene rings is 1. The van der Waals surface area contributed by atoms with Crippen LogP contribution in [0.25, 0.3) is 0 Å². The summed E-state index contributed by atoms with van der Waals surface area (Å²) in [6, 6.07) is 5.04. The summed E-state index contributed by atoms with van der Waals surface area (Å²) in [5.74, 6) is -0.372. The summed E-state index contributed by atoms with van der Waals surface area (Å²) in [4.78, 5) is 11.8. The second-order valence-electron chi connectivity index (χ2n) is 4.64. The molecule has 0 fully saturated rings. The predicted octanol–water partition coefficient (Wildman–Crippen LogP) is 2.44. The summed E-state index contributed by atoms with van der Waals surface area (Å²) in [5.41, 5.74) is 5.97. The molecule has 1 aromatic carbocycles. The van der Waals surface area contributed by atoms with Crippen LogP contribution in [0.15, 0.2) is 24.3 Å². The van der Waals surface area contributed by atoms with Crippen LogP contribution in [0.1, 0.15) is 32.4 Å². The molecule has 1 atom stereocenters. The molecule has 0 aliphatic heterocycles. The molecule has 0 amide bonds. The van der Waals surface area contributed by atoms with Crippen LogP contribution in [-0.2, 0) is 4.79 Å². The zero-order valence-corrected chi connectivity index (χ0v) is 9.25. The summed E-state index contributed by atoms with van der Waals surface area (Å²) in [7, 11) is 0. The summed E-state index contributed by atoms with van der Waals surface area (Å²) in [5, 5.41) is 0. The van der Waals surface area contributed by atoms with Gasteiger partial charge in [-0.2, -0.15) is 0 Å². The zero-order valence-electron chi connectivity index (χ0n) is 9.25. The van der Waals surface area contributed by atoms with Gasteiger partial charge in [0, 0.05) is 5.41 Å². The maximum absolute atomic E-state index is 12.7. The van der Waals surface area contributed by atoms with E-state index in [4.69, 9.17) is 5.73 Å². The highest BCUT2D eigenvalue weighted by molar-refractivity contribution is 5.89. The molecule has 0 aliphatic carbocycles. The van der Waals surface area contributed by atoms with E-state index < -0.39 is 11.5 Å². The molecule has 0 bridgehead atoms. The van der Waals surface area contributed by atoms with Crippen LogP contribution in [0, 0.1) is 11.2 Å². The fourth-order valence-corrected chi connectivity index (χ4v) is 1.29. The molecule has 0 heterocycles. The van der Waals surface area contributed by atoms with Crippen LogP contribution in [0.4, 0.5) is 4.39 Å². The normalized spacial score (nSPS) is 13.7. The average Bonchev–Trinajstić information content (AvgIpc) is 2.15. The molecule has 0 spiro atoms. The van der Waals surface area contributed by atoms with E-state index in [1.807, 2.05) is 20.8 Å². The molecule has 1 aromatic rings. The van der Waals surface area contributed by atoms with Gasteiger partial charge in [0.25, 0.3) is 0 Å². The first-order valence-corrected chi connectivity index (χ1v) is 4.88. The van der Waals surface area contributed by atoms with Crippen LogP contribution >= 0.6 is 0 Å². The first-order valence-electron chi connectivity index (χ1n) is 4.88. The third kappa shape index (κ3) is 2.86. The van der Waals surface area contributed by atoms with Gasteiger partial charge < -0.3 is 5.73 Å². The molecule has 2 N–H and O–H groups in total. The number of hydrogen-bond acceptors (Lipinski definition) is 2. The first kappa shape index (κ1) is 11.9. The molecule has 82 valence electrons. The molecule has 0 saturated carbocycles. The smallest absolute Gasteiger partial charge is 0.159 e. The molecule has 1 unspecified atom stereocenters. The van der Waals surface area contributed by atoms with E-state index in [2.05, 4.69) is 0 Å². The number of carbonyl (C=O) groups is 1. The van der Waals surface area contributed by atoms with E-state index >= 15 is 0 Å². The summed E-state index contributed by atoms with van der Waals surface area (Å²) in [6.07, 6.45) is 0. The van der Waals surface area contributed by atoms with Crippen molar-refractivity contribution in [1.29, 1.82) is 0 Å². The lowest BCUT2D eigenvalue weighted by Crippen LogP contribution is -2.32. The van der Waals surface area contributed by atoms with Crippen LogP contribution in [-0.4, -0.2) is 5.78 Å². The number of hydrogen-bond donors (Lipinski definition) is 1. The number of halogens is 1. The molecule has 3 heteroatoms. The van der Waals surface area contributed by atoms with Gasteiger partial charge in [-0.05, 0) is 17.7 Å². The number of carbonyl (C=O) groups excluding carboxylic acids is 1. The van der Waals surface area contributed by atoms with Crippen LogP contribution < -0.4 is 5.73 Å². The van der Waals surface area contributed by atoms with Crippen molar-refractivity contribution in [2.45, 2.75) is 26.8 Å². The van der Waals surface area contributed by atoms with Crippen molar-refractivity contribution in [1.82, 2.24) is 0 Å². The molecule has 0 aliphatic rings. The fraction of sp³-hybridized carbons (Fsp3) is 0.417. The monoisotopic (exact) mass is 209 g/mol. The Labute approximate surface area is 89.3 Å². The number of Topliss-reactive ketones (excluding diaryl/α,β-unsaturated/α-hetero) is 1. The molecule has 0 saturated heterocycles. The molecule has 2 nitrogen and oxygen atoms in total. The lowest BCUT2D eigenvalue weighted by molar-refractivity contribution is -0.127. The standard InChI is InChI=1S/C12H16FNO/c1-12(2,3)11(15)10(14)8-4-6-9(13)7-5-8/h4-7,10H,14H2,1-3H3. The van der Waals surface area contributed by atoms with Crippen molar-refractivity contribution >= 4 is 5.78 Å². The van der Waals surface area contributed by atoms with Gasteiger partial charge in [0.1, 0.15) is 5.82 Å². The van der Waals surface area contributed by atoms with Crippen molar-refractivity contribution in [2.75, 3.05) is 0 Å². The summed E-state index contributed by atoms with van der Waals surface area (Å²) in [6.45, 7) is 5.45. The highest BCUT2D eigenvalue weighted by Crippen LogP contribution is 2.23. The highest BCUT2D eigenvalue weighted by atomic mass is 19.1. The van der Waals surface area contributed by atoms with Gasteiger partial charge >= 0.3 is 0 Å². The average molecular weight is 209 g/mol. The molecule has 0 radical (unpaired) electrons. The maximum atomic E-state index is 12.7. The minimum Gasteiger partial charge on any atom is -0.318 e. The van der Waals surface area contributed by atoms with Crippen LogP contribution in [0.2, 0.25) is 0 Å². The van der Waals surface area contributed by atoms with Crippen LogP contribution in [0.3, 0.4) is 0 Å². The number of ketones is 1. The van der Waals surface area contributed by atoms with Crippen molar-refractivity contribution in [3.63, 3.8) is 0 Å². The van der Waals surface area contributed by atoms with Gasteiger partial charge in [-0.25, -0.2) is 4.39 Å². The molecule has 0 aromatic heterocycles. The quantitative estimate of drug-likeness (QED) is 0.813. The van der Waals surface area contributed by atoms with E-state index in [1.54, 1.807) is 12.1 Å². The first-order chi connectivity index (χ1) is 6.82. The Morgan fingerprint density at radius 3 is 2.13 bits per heavy atom. The largest absolute Gasteiger partial charge is 0.318 e. The number of nitrogens with two attached hydrogens (primary N) is 1. The van der Waals surface area contributed by atoms with Crippen molar-refractivity contribution in [3.8, 4) is 0 Å². The minimum atomic E-state index is -0.675. The second-order valence-corrected chi connectivity index (χ2v) is 4.64. The van der Waals surface area contributed by atoms with Gasteiger partial charge in [0.05, 0.1) is 6.04 Å². The van der Waals surface area contributed by atoms with E-state index in [1.165, 1.54) is 12.1 Å². The Kier molecular flexibility index (Phi) is 3.25. The molecule has 1 rings (SSSR count). The molecule has 15 heavy (non-hydrogen) atoms. The van der Waals surface area contributed by atoms with Crippen molar-refractivity contribution < 1.29 is 9.18 Å². The maximum Gasteiger partial charge on any atom is 0.159 e. The van der Waals surface area contributed by atoms with Gasteiger partial charge in [-0.1, -0.05) is 32.9 Å². The summed E-state index contributed by atoms with van der Waals surface area (Å²) >= 11 is 0.